The maximum absolute atomic E-state index is 5.83. The summed E-state index contributed by atoms with van der Waals surface area (Å²) in [5.41, 5.74) is 6.93. The molecule has 1 aromatic rings. The van der Waals surface area contributed by atoms with Gasteiger partial charge in [0, 0.05) is 30.3 Å². The van der Waals surface area contributed by atoms with Crippen molar-refractivity contribution in [3.8, 4) is 11.5 Å². The summed E-state index contributed by atoms with van der Waals surface area (Å²) in [7, 11) is 3.32. The highest BCUT2D eigenvalue weighted by molar-refractivity contribution is 5.42. The van der Waals surface area contributed by atoms with Gasteiger partial charge in [-0.25, -0.2) is 0 Å². The van der Waals surface area contributed by atoms with Crippen LogP contribution in [0.4, 0.5) is 0 Å². The normalized spacial score (nSPS) is 16.6. The van der Waals surface area contributed by atoms with Crippen LogP contribution < -0.4 is 20.5 Å². The van der Waals surface area contributed by atoms with Crippen molar-refractivity contribution in [2.24, 2.45) is 5.73 Å². The first-order valence-electron chi connectivity index (χ1n) is 5.96. The molecular weight excluding hydrogens is 216 g/mol. The van der Waals surface area contributed by atoms with E-state index in [0.29, 0.717) is 12.6 Å². The summed E-state index contributed by atoms with van der Waals surface area (Å²) in [6.45, 7) is 0.569. The molecule has 1 aliphatic carbocycles. The molecule has 2 rings (SSSR count). The predicted molar refractivity (Wildman–Crippen MR) is 67.5 cm³/mol. The van der Waals surface area contributed by atoms with E-state index in [1.54, 1.807) is 14.2 Å². The maximum Gasteiger partial charge on any atom is 0.127 e. The number of hydrogen-bond acceptors (Lipinski definition) is 4. The van der Waals surface area contributed by atoms with Gasteiger partial charge in [-0.15, -0.1) is 0 Å². The molecule has 3 N–H and O–H groups in total. The second-order valence-corrected chi connectivity index (χ2v) is 4.34. The van der Waals surface area contributed by atoms with Crippen LogP contribution in [0.2, 0.25) is 0 Å². The average molecular weight is 236 g/mol. The summed E-state index contributed by atoms with van der Waals surface area (Å²) in [4.78, 5) is 0. The fourth-order valence-corrected chi connectivity index (χ4v) is 1.93. The molecule has 0 bridgehead atoms. The predicted octanol–water partition coefficient (Wildman–Crippen LogP) is 1.46. The van der Waals surface area contributed by atoms with Gasteiger partial charge in [0.05, 0.1) is 14.2 Å². The highest BCUT2D eigenvalue weighted by Crippen LogP contribution is 2.31. The van der Waals surface area contributed by atoms with Crippen molar-refractivity contribution >= 4 is 0 Å². The van der Waals surface area contributed by atoms with Crippen LogP contribution in [0, 0.1) is 0 Å². The lowest BCUT2D eigenvalue weighted by molar-refractivity contribution is 0.384. The first-order valence-corrected chi connectivity index (χ1v) is 5.96. The van der Waals surface area contributed by atoms with Gasteiger partial charge in [-0.1, -0.05) is 6.07 Å². The number of methoxy groups -OCH3 is 2. The van der Waals surface area contributed by atoms with Crippen LogP contribution in [0.15, 0.2) is 18.2 Å². The molecule has 0 heterocycles. The largest absolute Gasteiger partial charge is 0.497 e. The van der Waals surface area contributed by atoms with Crippen molar-refractivity contribution in [1.29, 1.82) is 0 Å². The molecule has 4 nitrogen and oxygen atoms in total. The molecule has 0 spiro atoms. The smallest absolute Gasteiger partial charge is 0.127 e. The highest BCUT2D eigenvalue weighted by atomic mass is 16.5. The molecule has 94 valence electrons. The van der Waals surface area contributed by atoms with Crippen LogP contribution in [0.3, 0.4) is 0 Å². The Hall–Kier alpha value is -1.26. The minimum atomic E-state index is 0.156. The number of hydrogen-bond donors (Lipinski definition) is 2. The number of ether oxygens (including phenoxy) is 2. The topological polar surface area (TPSA) is 56.5 Å². The van der Waals surface area contributed by atoms with Gasteiger partial charge in [0.15, 0.2) is 0 Å². The van der Waals surface area contributed by atoms with Crippen molar-refractivity contribution < 1.29 is 9.47 Å². The first-order chi connectivity index (χ1) is 8.28. The average Bonchev–Trinajstić information content (AvgIpc) is 3.19. The van der Waals surface area contributed by atoms with E-state index in [0.717, 1.165) is 17.1 Å². The Balaban J connectivity index is 2.21. The van der Waals surface area contributed by atoms with Crippen LogP contribution in [0.1, 0.15) is 24.4 Å². The lowest BCUT2D eigenvalue weighted by Gasteiger charge is -2.20. The van der Waals surface area contributed by atoms with E-state index in [2.05, 4.69) is 5.32 Å². The fourth-order valence-electron chi connectivity index (χ4n) is 1.93. The van der Waals surface area contributed by atoms with Crippen molar-refractivity contribution in [2.45, 2.75) is 24.9 Å². The number of benzene rings is 1. The third-order valence-corrected chi connectivity index (χ3v) is 3.07. The van der Waals surface area contributed by atoms with Gasteiger partial charge < -0.3 is 20.5 Å². The molecule has 1 saturated carbocycles. The summed E-state index contributed by atoms with van der Waals surface area (Å²) in [6.07, 6.45) is 2.49. The minimum absolute atomic E-state index is 0.156. The SMILES string of the molecule is COc1ccc(C(CN)NC2CC2)c(OC)c1. The van der Waals surface area contributed by atoms with E-state index in [1.807, 2.05) is 18.2 Å². The molecule has 0 amide bonds. The summed E-state index contributed by atoms with van der Waals surface area (Å²) in [5.74, 6) is 1.63. The third kappa shape index (κ3) is 2.90. The lowest BCUT2D eigenvalue weighted by atomic mass is 10.1. The first kappa shape index (κ1) is 12.2. The molecule has 0 saturated heterocycles. The maximum atomic E-state index is 5.83. The van der Waals surface area contributed by atoms with Crippen LogP contribution in [0.25, 0.3) is 0 Å². The van der Waals surface area contributed by atoms with Crippen LogP contribution >= 0.6 is 0 Å². The Bertz CT molecular complexity index is 378. The minimum Gasteiger partial charge on any atom is -0.497 e. The van der Waals surface area contributed by atoms with E-state index in [1.165, 1.54) is 12.8 Å². The molecule has 1 aliphatic rings. The van der Waals surface area contributed by atoms with E-state index in [-0.39, 0.29) is 6.04 Å². The Morgan fingerprint density at radius 2 is 2.12 bits per heavy atom. The zero-order valence-electron chi connectivity index (χ0n) is 10.4. The molecule has 1 fully saturated rings. The van der Waals surface area contributed by atoms with E-state index in [9.17, 15) is 0 Å². The molecular formula is C13H20N2O2. The standard InChI is InChI=1S/C13H20N2O2/c1-16-10-5-6-11(13(7-10)17-2)12(8-14)15-9-3-4-9/h5-7,9,12,15H,3-4,8,14H2,1-2H3. The van der Waals surface area contributed by atoms with Crippen molar-refractivity contribution in [3.05, 3.63) is 23.8 Å². The van der Waals surface area contributed by atoms with Crippen molar-refractivity contribution in [1.82, 2.24) is 5.32 Å². The quantitative estimate of drug-likeness (QED) is 0.785. The monoisotopic (exact) mass is 236 g/mol. The number of nitrogens with two attached hydrogens (primary N) is 1. The van der Waals surface area contributed by atoms with Crippen LogP contribution in [0.5, 0.6) is 11.5 Å². The van der Waals surface area contributed by atoms with Gasteiger partial charge in [0.25, 0.3) is 0 Å². The molecule has 0 aliphatic heterocycles. The number of nitrogens with one attached hydrogen (secondary N) is 1. The summed E-state index contributed by atoms with van der Waals surface area (Å²) in [5, 5.41) is 3.52. The van der Waals surface area contributed by atoms with Gasteiger partial charge in [-0.2, -0.15) is 0 Å². The number of rotatable bonds is 6. The van der Waals surface area contributed by atoms with Gasteiger partial charge in [0.1, 0.15) is 11.5 Å². The third-order valence-electron chi connectivity index (χ3n) is 3.07. The Kier molecular flexibility index (Phi) is 3.86. The molecule has 1 atom stereocenters. The Morgan fingerprint density at radius 3 is 2.65 bits per heavy atom. The molecule has 0 aromatic heterocycles. The van der Waals surface area contributed by atoms with Gasteiger partial charge >= 0.3 is 0 Å². The van der Waals surface area contributed by atoms with Crippen LogP contribution in [-0.2, 0) is 0 Å². The second-order valence-electron chi connectivity index (χ2n) is 4.34. The summed E-state index contributed by atoms with van der Waals surface area (Å²) >= 11 is 0. The molecule has 0 radical (unpaired) electrons. The molecule has 4 heteroatoms. The van der Waals surface area contributed by atoms with Crippen molar-refractivity contribution in [3.63, 3.8) is 0 Å². The molecule has 17 heavy (non-hydrogen) atoms. The molecule has 1 aromatic carbocycles. The van der Waals surface area contributed by atoms with E-state index in [4.69, 9.17) is 15.2 Å². The van der Waals surface area contributed by atoms with E-state index < -0.39 is 0 Å². The fraction of sp³-hybridized carbons (Fsp3) is 0.538. The Labute approximate surface area is 102 Å². The van der Waals surface area contributed by atoms with Gasteiger partial charge in [-0.05, 0) is 18.9 Å². The molecule has 1 unspecified atom stereocenters. The highest BCUT2D eigenvalue weighted by Gasteiger charge is 2.26. The summed E-state index contributed by atoms with van der Waals surface area (Å²) < 4.78 is 10.6. The summed E-state index contributed by atoms with van der Waals surface area (Å²) in [6, 6.07) is 6.63. The van der Waals surface area contributed by atoms with E-state index >= 15 is 0 Å². The zero-order chi connectivity index (χ0) is 12.3. The Morgan fingerprint density at radius 1 is 1.35 bits per heavy atom. The second kappa shape index (κ2) is 5.38. The lowest BCUT2D eigenvalue weighted by Crippen LogP contribution is -2.30. The zero-order valence-corrected chi connectivity index (χ0v) is 10.4. The van der Waals surface area contributed by atoms with Crippen molar-refractivity contribution in [2.75, 3.05) is 20.8 Å². The van der Waals surface area contributed by atoms with Gasteiger partial charge in [0.2, 0.25) is 0 Å². The van der Waals surface area contributed by atoms with Gasteiger partial charge in [-0.3, -0.25) is 0 Å². The van der Waals surface area contributed by atoms with Crippen LogP contribution in [-0.4, -0.2) is 26.8 Å².